The molecule has 0 bridgehead atoms. The average molecular weight is 873 g/mol. The highest BCUT2D eigenvalue weighted by Gasteiger charge is 2.27. The van der Waals surface area contributed by atoms with E-state index in [1.54, 1.807) is 0 Å². The van der Waals surface area contributed by atoms with Gasteiger partial charge < -0.3 is 9.80 Å². The minimum atomic E-state index is 0.433. The third kappa shape index (κ3) is 6.34. The van der Waals surface area contributed by atoms with Crippen LogP contribution in [0, 0.1) is 0 Å². The number of rotatable bonds is 10. The highest BCUT2D eigenvalue weighted by molar-refractivity contribution is 7.26. The van der Waals surface area contributed by atoms with E-state index in [2.05, 4.69) is 226 Å². The van der Waals surface area contributed by atoms with E-state index in [-0.39, 0.29) is 0 Å². The highest BCUT2D eigenvalue weighted by atomic mass is 32.1. The maximum Gasteiger partial charge on any atom is 0.0640 e. The molecule has 0 atom stereocenters. The molecule has 0 saturated carbocycles. The number of fused-ring (bicyclic) bond motifs is 6. The Hall–Kier alpha value is -6.98. The van der Waals surface area contributed by atoms with Crippen molar-refractivity contribution in [2.75, 3.05) is 9.80 Å². The molecule has 0 radical (unpaired) electrons. The summed E-state index contributed by atoms with van der Waals surface area (Å²) in [4.78, 5) is 5.07. The monoisotopic (exact) mass is 872 g/mol. The molecule has 12 aromatic rings. The van der Waals surface area contributed by atoms with Crippen LogP contribution in [0.4, 0.5) is 34.1 Å². The van der Waals surface area contributed by atoms with Gasteiger partial charge in [0.15, 0.2) is 0 Å². The van der Waals surface area contributed by atoms with Crippen LogP contribution in [0.1, 0.15) is 56.2 Å². The first-order valence-electron chi connectivity index (χ1n) is 22.8. The van der Waals surface area contributed by atoms with E-state index in [1.807, 2.05) is 22.7 Å². The van der Waals surface area contributed by atoms with E-state index in [0.717, 1.165) is 17.8 Å². The van der Waals surface area contributed by atoms with E-state index in [0.29, 0.717) is 11.8 Å². The second-order valence-electron chi connectivity index (χ2n) is 18.1. The lowest BCUT2D eigenvalue weighted by Gasteiger charge is -2.31. The van der Waals surface area contributed by atoms with Crippen LogP contribution in [-0.4, -0.2) is 0 Å². The van der Waals surface area contributed by atoms with E-state index in [1.165, 1.54) is 112 Å². The van der Waals surface area contributed by atoms with Gasteiger partial charge in [-0.25, -0.2) is 0 Å². The fourth-order valence-corrected chi connectivity index (χ4v) is 12.7. The number of thiophene rings is 2. The summed E-state index contributed by atoms with van der Waals surface area (Å²) in [5.41, 5.74) is 11.0. The van der Waals surface area contributed by atoms with E-state index < -0.39 is 0 Å². The molecule has 0 amide bonds. The SMILES string of the molecule is C=CCc1cc2ccc3c(N(c4ccc(C(C)C)cc4)c4cccc5c4sc4ccccc45)ccc4ccc(c1N(c1ccc(C(C)C)cc1)c1cccc5c1sc1ccccc15)c2c43. The first-order valence-corrected chi connectivity index (χ1v) is 24.4. The smallest absolute Gasteiger partial charge is 0.0640 e. The molecule has 0 fully saturated rings. The van der Waals surface area contributed by atoms with Crippen molar-refractivity contribution in [3.05, 3.63) is 205 Å². The van der Waals surface area contributed by atoms with Crippen molar-refractivity contribution in [3.8, 4) is 0 Å². The Balaban J connectivity index is 1.16. The predicted octanol–water partition coefficient (Wildman–Crippen LogP) is 19.2. The molecule has 0 spiro atoms. The molecule has 0 aliphatic rings. The van der Waals surface area contributed by atoms with Gasteiger partial charge in [-0.3, -0.25) is 0 Å². The Morgan fingerprint density at radius 2 is 0.938 bits per heavy atom. The zero-order chi connectivity index (χ0) is 43.9. The lowest BCUT2D eigenvalue weighted by molar-refractivity contribution is 0.866. The molecule has 12 rings (SSSR count). The number of benzene rings is 10. The van der Waals surface area contributed by atoms with E-state index in [4.69, 9.17) is 0 Å². The third-order valence-electron chi connectivity index (χ3n) is 13.5. The minimum absolute atomic E-state index is 0.433. The first kappa shape index (κ1) is 39.6. The van der Waals surface area contributed by atoms with Crippen molar-refractivity contribution in [3.63, 3.8) is 0 Å². The first-order chi connectivity index (χ1) is 31.9. The lowest BCUT2D eigenvalue weighted by atomic mass is 9.89. The van der Waals surface area contributed by atoms with Crippen LogP contribution >= 0.6 is 22.7 Å². The van der Waals surface area contributed by atoms with Gasteiger partial charge in [-0.2, -0.15) is 0 Å². The molecule has 4 heteroatoms. The Labute approximate surface area is 388 Å². The zero-order valence-corrected chi connectivity index (χ0v) is 38.7. The maximum absolute atomic E-state index is 4.31. The van der Waals surface area contributed by atoms with E-state index >= 15 is 0 Å². The topological polar surface area (TPSA) is 6.48 Å². The number of allylic oxidation sites excluding steroid dienone is 1. The summed E-state index contributed by atoms with van der Waals surface area (Å²) < 4.78 is 5.18. The molecule has 0 unspecified atom stereocenters. The maximum atomic E-state index is 4.31. The van der Waals surface area contributed by atoms with Crippen LogP contribution in [0.5, 0.6) is 0 Å². The molecule has 0 aliphatic carbocycles. The fraction of sp³-hybridized carbons (Fsp3) is 0.115. The van der Waals surface area contributed by atoms with Crippen LogP contribution in [0.3, 0.4) is 0 Å². The van der Waals surface area contributed by atoms with Gasteiger partial charge in [0.05, 0.1) is 32.1 Å². The molecule has 10 aromatic carbocycles. The number of hydrogen-bond donors (Lipinski definition) is 0. The zero-order valence-electron chi connectivity index (χ0n) is 37.1. The van der Waals surface area contributed by atoms with Gasteiger partial charge in [0.2, 0.25) is 0 Å². The fourth-order valence-electron chi connectivity index (χ4n) is 10.3. The Morgan fingerprint density at radius 1 is 0.446 bits per heavy atom. The summed E-state index contributed by atoms with van der Waals surface area (Å²) in [7, 11) is 0. The molecule has 2 heterocycles. The van der Waals surface area contributed by atoms with Crippen molar-refractivity contribution in [1.82, 2.24) is 0 Å². The van der Waals surface area contributed by atoms with Gasteiger partial charge in [0.1, 0.15) is 0 Å². The van der Waals surface area contributed by atoms with Gasteiger partial charge in [-0.1, -0.05) is 149 Å². The average Bonchev–Trinajstić information content (AvgIpc) is 3.92. The molecule has 0 N–H and O–H groups in total. The normalized spacial score (nSPS) is 12.1. The van der Waals surface area contributed by atoms with Crippen molar-refractivity contribution in [2.24, 2.45) is 0 Å². The molecule has 65 heavy (non-hydrogen) atoms. The van der Waals surface area contributed by atoms with Crippen LogP contribution in [0.15, 0.2) is 189 Å². The standard InChI is InChI=1S/C61H48N2S2/c1-6-13-43-36-42-27-33-50-52(62(44-29-22-39(23-30-44)37(2)3)53-18-11-16-48-46-14-7-9-20-55(46)64-60(48)53)35-28-41-26-34-51(58(42)57(41)50)59(43)63(45-31-24-40(25-32-45)38(4)5)54-19-12-17-49-47-15-8-10-21-56(47)65-61(49)54/h6-12,14-38H,1,13H2,2-5H3. The number of anilines is 6. The van der Waals surface area contributed by atoms with E-state index in [9.17, 15) is 0 Å². The molecular weight excluding hydrogens is 825 g/mol. The van der Waals surface area contributed by atoms with Gasteiger partial charge in [-0.05, 0) is 117 Å². The summed E-state index contributed by atoms with van der Waals surface area (Å²) in [5, 5.41) is 12.7. The number of nitrogens with zero attached hydrogens (tertiary/aromatic N) is 2. The summed E-state index contributed by atoms with van der Waals surface area (Å²) in [5.74, 6) is 0.874. The Bertz CT molecular complexity index is 3780. The highest BCUT2D eigenvalue weighted by Crippen LogP contribution is 2.52. The van der Waals surface area contributed by atoms with Gasteiger partial charge in [0.25, 0.3) is 0 Å². The van der Waals surface area contributed by atoms with Crippen LogP contribution in [0.2, 0.25) is 0 Å². The number of hydrogen-bond acceptors (Lipinski definition) is 4. The summed E-state index contributed by atoms with van der Waals surface area (Å²) >= 11 is 3.77. The van der Waals surface area contributed by atoms with Crippen molar-refractivity contribution >= 4 is 129 Å². The predicted molar refractivity (Wildman–Crippen MR) is 287 cm³/mol. The second kappa shape index (κ2) is 15.6. The van der Waals surface area contributed by atoms with Gasteiger partial charge in [0, 0.05) is 53.1 Å². The summed E-state index contributed by atoms with van der Waals surface area (Å²) in [6.07, 6.45) is 2.80. The van der Waals surface area contributed by atoms with Gasteiger partial charge >= 0.3 is 0 Å². The molecule has 0 saturated heterocycles. The Kier molecular flexibility index (Phi) is 9.52. The van der Waals surface area contributed by atoms with Crippen LogP contribution < -0.4 is 9.80 Å². The van der Waals surface area contributed by atoms with Crippen molar-refractivity contribution in [2.45, 2.75) is 46.0 Å². The quantitative estimate of drug-likeness (QED) is 0.0998. The van der Waals surface area contributed by atoms with Gasteiger partial charge in [-0.15, -0.1) is 29.3 Å². The Morgan fingerprint density at radius 3 is 1.52 bits per heavy atom. The molecule has 0 aliphatic heterocycles. The summed E-state index contributed by atoms with van der Waals surface area (Å²) in [6.45, 7) is 13.4. The lowest BCUT2D eigenvalue weighted by Crippen LogP contribution is -2.14. The minimum Gasteiger partial charge on any atom is -0.308 e. The molecule has 2 aromatic heterocycles. The second-order valence-corrected chi connectivity index (χ2v) is 20.2. The van der Waals surface area contributed by atoms with Crippen molar-refractivity contribution < 1.29 is 0 Å². The molecule has 314 valence electrons. The van der Waals surface area contributed by atoms with Crippen LogP contribution in [0.25, 0.3) is 72.7 Å². The summed E-state index contributed by atoms with van der Waals surface area (Å²) in [6, 6.07) is 66.4. The molecule has 2 nitrogen and oxygen atoms in total. The largest absolute Gasteiger partial charge is 0.308 e. The van der Waals surface area contributed by atoms with Crippen LogP contribution in [-0.2, 0) is 6.42 Å². The van der Waals surface area contributed by atoms with Crippen molar-refractivity contribution in [1.29, 1.82) is 0 Å². The third-order valence-corrected chi connectivity index (χ3v) is 15.9. The molecular formula is C61H48N2S2.